The van der Waals surface area contributed by atoms with Gasteiger partial charge in [-0.05, 0) is 56.7 Å². The highest BCUT2D eigenvalue weighted by Gasteiger charge is 2.24. The number of thioether (sulfide) groups is 1. The molecular formula is C21H23N3O2S2. The summed E-state index contributed by atoms with van der Waals surface area (Å²) in [5.41, 5.74) is 8.40. The van der Waals surface area contributed by atoms with E-state index in [1.54, 1.807) is 22.8 Å². The van der Waals surface area contributed by atoms with Gasteiger partial charge in [-0.2, -0.15) is 0 Å². The fourth-order valence-electron chi connectivity index (χ4n) is 3.69. The molecule has 2 aromatic heterocycles. The third-order valence-electron chi connectivity index (χ3n) is 5.25. The molecule has 0 spiro atoms. The maximum absolute atomic E-state index is 13.7. The first kappa shape index (κ1) is 19.2. The third kappa shape index (κ3) is 3.37. The van der Waals surface area contributed by atoms with Gasteiger partial charge in [0.25, 0.3) is 5.56 Å². The monoisotopic (exact) mass is 413 g/mol. The molecule has 146 valence electrons. The highest BCUT2D eigenvalue weighted by Crippen LogP contribution is 2.35. The summed E-state index contributed by atoms with van der Waals surface area (Å²) in [7, 11) is 0. The van der Waals surface area contributed by atoms with Crippen molar-refractivity contribution >= 4 is 39.2 Å². The second-order valence-electron chi connectivity index (χ2n) is 7.23. The van der Waals surface area contributed by atoms with E-state index in [0.717, 1.165) is 47.2 Å². The highest BCUT2D eigenvalue weighted by molar-refractivity contribution is 8.00. The minimum absolute atomic E-state index is 0.0436. The van der Waals surface area contributed by atoms with Crippen LogP contribution in [-0.4, -0.2) is 20.7 Å². The average molecular weight is 414 g/mol. The van der Waals surface area contributed by atoms with E-state index < -0.39 is 11.2 Å². The largest absolute Gasteiger partial charge is 0.369 e. The van der Waals surface area contributed by atoms with Crippen LogP contribution in [0.5, 0.6) is 0 Å². The maximum atomic E-state index is 13.7. The number of para-hydroxylation sites is 1. The van der Waals surface area contributed by atoms with Crippen LogP contribution in [0.4, 0.5) is 0 Å². The number of aryl methyl sites for hydroxylation is 3. The SMILES string of the molecule is Cc1ccccc1-n1c(S[C@@H](C)C(N)=O)nc2sc3c(c2c1=O)CCCCC3. The molecular weight excluding hydrogens is 390 g/mol. The van der Waals surface area contributed by atoms with Gasteiger partial charge in [-0.25, -0.2) is 4.98 Å². The van der Waals surface area contributed by atoms with E-state index >= 15 is 0 Å². The topological polar surface area (TPSA) is 78.0 Å². The van der Waals surface area contributed by atoms with E-state index in [-0.39, 0.29) is 5.56 Å². The van der Waals surface area contributed by atoms with Crippen molar-refractivity contribution in [2.24, 2.45) is 5.73 Å². The summed E-state index contributed by atoms with van der Waals surface area (Å²) in [4.78, 5) is 32.3. The van der Waals surface area contributed by atoms with Crippen LogP contribution in [0.15, 0.2) is 34.2 Å². The molecule has 2 N–H and O–H groups in total. The van der Waals surface area contributed by atoms with Crippen LogP contribution in [0.2, 0.25) is 0 Å². The Labute approximate surface area is 172 Å². The minimum Gasteiger partial charge on any atom is -0.369 e. The van der Waals surface area contributed by atoms with E-state index in [2.05, 4.69) is 0 Å². The number of hydrogen-bond donors (Lipinski definition) is 1. The van der Waals surface area contributed by atoms with Gasteiger partial charge in [0.15, 0.2) is 5.16 Å². The standard InChI is InChI=1S/C21H23N3O2S2/c1-12-8-6-7-10-15(12)24-20(26)17-14-9-4-3-5-11-16(14)28-19(17)23-21(24)27-13(2)18(22)25/h6-8,10,13H,3-5,9,11H2,1-2H3,(H2,22,25)/t13-/m0/s1. The van der Waals surface area contributed by atoms with Crippen LogP contribution in [0.25, 0.3) is 15.9 Å². The Morgan fingerprint density at radius 3 is 2.75 bits per heavy atom. The van der Waals surface area contributed by atoms with Crippen molar-refractivity contribution in [3.8, 4) is 5.69 Å². The lowest BCUT2D eigenvalue weighted by molar-refractivity contribution is -0.117. The summed E-state index contributed by atoms with van der Waals surface area (Å²) in [5.74, 6) is -0.419. The van der Waals surface area contributed by atoms with E-state index in [4.69, 9.17) is 10.7 Å². The first-order chi connectivity index (χ1) is 13.5. The lowest BCUT2D eigenvalue weighted by Gasteiger charge is -2.16. The molecule has 1 amide bonds. The lowest BCUT2D eigenvalue weighted by atomic mass is 10.1. The van der Waals surface area contributed by atoms with Gasteiger partial charge < -0.3 is 5.73 Å². The molecule has 0 saturated carbocycles. The molecule has 0 saturated heterocycles. The highest BCUT2D eigenvalue weighted by atomic mass is 32.2. The number of aromatic nitrogens is 2. The zero-order valence-corrected chi connectivity index (χ0v) is 17.7. The molecule has 1 aliphatic rings. The van der Waals surface area contributed by atoms with Gasteiger partial charge in [0.1, 0.15) is 4.83 Å². The fourth-order valence-corrected chi connectivity index (χ4v) is 5.86. The Bertz CT molecular complexity index is 1120. The van der Waals surface area contributed by atoms with Gasteiger partial charge >= 0.3 is 0 Å². The van der Waals surface area contributed by atoms with Crippen molar-refractivity contribution in [3.63, 3.8) is 0 Å². The summed E-state index contributed by atoms with van der Waals surface area (Å²) < 4.78 is 1.67. The zero-order valence-electron chi connectivity index (χ0n) is 16.0. The first-order valence-electron chi connectivity index (χ1n) is 9.56. The number of rotatable bonds is 4. The number of primary amides is 1. The van der Waals surface area contributed by atoms with Crippen molar-refractivity contribution in [2.45, 2.75) is 56.4 Å². The first-order valence-corrected chi connectivity index (χ1v) is 11.3. The predicted molar refractivity (Wildman–Crippen MR) is 116 cm³/mol. The molecule has 0 fully saturated rings. The second kappa shape index (κ2) is 7.72. The van der Waals surface area contributed by atoms with Crippen molar-refractivity contribution < 1.29 is 4.79 Å². The number of nitrogens with two attached hydrogens (primary N) is 1. The van der Waals surface area contributed by atoms with Crippen LogP contribution in [0, 0.1) is 6.92 Å². The number of benzene rings is 1. The van der Waals surface area contributed by atoms with Gasteiger partial charge in [-0.1, -0.05) is 36.4 Å². The average Bonchev–Trinajstić information content (AvgIpc) is 2.84. The molecule has 5 nitrogen and oxygen atoms in total. The van der Waals surface area contributed by atoms with Crippen molar-refractivity contribution in [1.82, 2.24) is 9.55 Å². The Morgan fingerprint density at radius 1 is 1.25 bits per heavy atom. The zero-order chi connectivity index (χ0) is 19.8. The van der Waals surface area contributed by atoms with E-state index in [1.165, 1.54) is 28.6 Å². The molecule has 1 atom stereocenters. The van der Waals surface area contributed by atoms with Gasteiger partial charge in [0.05, 0.1) is 16.3 Å². The Kier molecular flexibility index (Phi) is 5.29. The van der Waals surface area contributed by atoms with Gasteiger partial charge in [0, 0.05) is 4.88 Å². The van der Waals surface area contributed by atoms with Crippen LogP contribution in [0.1, 0.15) is 42.2 Å². The summed E-state index contributed by atoms with van der Waals surface area (Å²) in [5, 5.41) is 0.799. The van der Waals surface area contributed by atoms with E-state index in [1.807, 2.05) is 31.2 Å². The van der Waals surface area contributed by atoms with Crippen LogP contribution >= 0.6 is 23.1 Å². The summed E-state index contributed by atoms with van der Waals surface area (Å²) in [6.07, 6.45) is 5.42. The van der Waals surface area contributed by atoms with Crippen LogP contribution in [-0.2, 0) is 17.6 Å². The molecule has 0 radical (unpaired) electrons. The Morgan fingerprint density at radius 2 is 2.00 bits per heavy atom. The number of amides is 1. The third-order valence-corrected chi connectivity index (χ3v) is 7.50. The van der Waals surface area contributed by atoms with Gasteiger partial charge in [-0.3, -0.25) is 14.2 Å². The summed E-state index contributed by atoms with van der Waals surface area (Å²) >= 11 is 2.88. The molecule has 0 bridgehead atoms. The molecule has 4 rings (SSSR count). The van der Waals surface area contributed by atoms with Crippen LogP contribution < -0.4 is 11.3 Å². The molecule has 0 aliphatic heterocycles. The molecule has 1 aromatic carbocycles. The van der Waals surface area contributed by atoms with Crippen molar-refractivity contribution in [2.75, 3.05) is 0 Å². The van der Waals surface area contributed by atoms with E-state index in [0.29, 0.717) is 5.16 Å². The fraction of sp³-hybridized carbons (Fsp3) is 0.381. The molecule has 7 heteroatoms. The molecule has 0 unspecified atom stereocenters. The van der Waals surface area contributed by atoms with Gasteiger partial charge in [-0.15, -0.1) is 11.3 Å². The summed E-state index contributed by atoms with van der Waals surface area (Å²) in [6.45, 7) is 3.72. The number of thiophene rings is 1. The van der Waals surface area contributed by atoms with Crippen molar-refractivity contribution in [1.29, 1.82) is 0 Å². The molecule has 1 aliphatic carbocycles. The minimum atomic E-state index is -0.475. The molecule has 28 heavy (non-hydrogen) atoms. The number of hydrogen-bond acceptors (Lipinski definition) is 5. The predicted octanol–water partition coefficient (Wildman–Crippen LogP) is 3.99. The maximum Gasteiger partial charge on any atom is 0.267 e. The molecule has 2 heterocycles. The number of nitrogens with zero attached hydrogens (tertiary/aromatic N) is 2. The number of fused-ring (bicyclic) bond motifs is 3. The van der Waals surface area contributed by atoms with E-state index in [9.17, 15) is 9.59 Å². The van der Waals surface area contributed by atoms with Crippen LogP contribution in [0.3, 0.4) is 0 Å². The second-order valence-corrected chi connectivity index (χ2v) is 9.62. The number of carbonyl (C=O) groups excluding carboxylic acids is 1. The smallest absolute Gasteiger partial charge is 0.267 e. The summed E-state index contributed by atoms with van der Waals surface area (Å²) in [6, 6.07) is 7.77. The quantitative estimate of drug-likeness (QED) is 0.398. The van der Waals surface area contributed by atoms with Gasteiger partial charge in [0.2, 0.25) is 5.91 Å². The molecule has 3 aromatic rings. The normalized spacial score (nSPS) is 15.2. The lowest BCUT2D eigenvalue weighted by Crippen LogP contribution is -2.26. The Hall–Kier alpha value is -2.12. The van der Waals surface area contributed by atoms with Crippen molar-refractivity contribution in [3.05, 3.63) is 50.6 Å². The number of carbonyl (C=O) groups is 1. The Balaban J connectivity index is 2.01.